The fraction of sp³-hybridized carbons (Fsp3) is 1.00. The van der Waals surface area contributed by atoms with E-state index in [0.717, 1.165) is 6.16 Å². The van der Waals surface area contributed by atoms with Crippen LogP contribution in [-0.2, 0) is 4.65 Å². The zero-order valence-electron chi connectivity index (χ0n) is 9.04. The molecule has 0 aromatic carbocycles. The minimum atomic E-state index is -1.59. The number of hydrogen-bond donors (Lipinski definition) is 2. The molecule has 3 nitrogen and oxygen atoms in total. The zero-order chi connectivity index (χ0) is 10.6. The first kappa shape index (κ1) is 14.4. The van der Waals surface area contributed by atoms with E-state index < -0.39 is 7.32 Å². The fourth-order valence-corrected chi connectivity index (χ4v) is 2.15. The van der Waals surface area contributed by atoms with Gasteiger partial charge in [-0.15, -0.1) is 0 Å². The summed E-state index contributed by atoms with van der Waals surface area (Å²) in [7, 11) is -0.896. The molecule has 0 radical (unpaired) electrons. The third-order valence-electron chi connectivity index (χ3n) is 2.04. The zero-order valence-corrected chi connectivity index (χ0v) is 10.0. The largest absolute Gasteiger partial charge is 0.634 e. The maximum Gasteiger partial charge on any atom is 0.634 e. The van der Waals surface area contributed by atoms with Crippen molar-refractivity contribution >= 4 is 15.9 Å². The summed E-state index contributed by atoms with van der Waals surface area (Å²) < 4.78 is 4.61. The molecule has 0 amide bonds. The van der Waals surface area contributed by atoms with Crippen LogP contribution in [0.4, 0.5) is 0 Å². The minimum absolute atomic E-state index is 0.479. The molecule has 0 aliphatic carbocycles. The first-order valence-corrected chi connectivity index (χ1v) is 6.87. The van der Waals surface area contributed by atoms with Gasteiger partial charge in [0, 0.05) is 0 Å². The predicted octanol–water partition coefficient (Wildman–Crippen LogP) is 1.97. The minimum Gasteiger partial charge on any atom is -0.402 e. The van der Waals surface area contributed by atoms with Crippen LogP contribution in [0.1, 0.15) is 45.4 Å². The van der Waals surface area contributed by atoms with E-state index in [4.69, 9.17) is 10.0 Å². The standard InChI is InChI=1S/C9H22BO3P/c1-2-3-4-5-6-7-8-14-9-13-10(11)12/h11-12,14H,2-9H2,1H3. The Bertz CT molecular complexity index is 114. The van der Waals surface area contributed by atoms with Gasteiger partial charge in [-0.2, -0.15) is 0 Å². The second-order valence-corrected chi connectivity index (χ2v) is 4.69. The van der Waals surface area contributed by atoms with Gasteiger partial charge < -0.3 is 14.7 Å². The molecule has 0 saturated heterocycles. The first-order valence-electron chi connectivity index (χ1n) is 5.45. The summed E-state index contributed by atoms with van der Waals surface area (Å²) in [5.41, 5.74) is 0. The molecule has 0 aliphatic heterocycles. The van der Waals surface area contributed by atoms with Crippen molar-refractivity contribution in [1.82, 2.24) is 0 Å². The molecule has 0 fully saturated rings. The van der Waals surface area contributed by atoms with Gasteiger partial charge in [0.05, 0.1) is 6.35 Å². The summed E-state index contributed by atoms with van der Waals surface area (Å²) in [4.78, 5) is 0. The fourth-order valence-electron chi connectivity index (χ4n) is 1.24. The van der Waals surface area contributed by atoms with Crippen LogP contribution in [0.15, 0.2) is 0 Å². The molecule has 2 N–H and O–H groups in total. The maximum absolute atomic E-state index is 8.39. The quantitative estimate of drug-likeness (QED) is 0.336. The Morgan fingerprint density at radius 2 is 1.71 bits per heavy atom. The number of hydrogen-bond acceptors (Lipinski definition) is 3. The third kappa shape index (κ3) is 12.4. The van der Waals surface area contributed by atoms with Crippen molar-refractivity contribution < 1.29 is 14.7 Å². The van der Waals surface area contributed by atoms with Crippen molar-refractivity contribution in [2.24, 2.45) is 0 Å². The lowest BCUT2D eigenvalue weighted by molar-refractivity contribution is 0.219. The molecule has 1 unspecified atom stereocenters. The molecular weight excluding hydrogens is 198 g/mol. The maximum atomic E-state index is 8.39. The molecule has 0 heterocycles. The van der Waals surface area contributed by atoms with E-state index in [1.165, 1.54) is 38.5 Å². The van der Waals surface area contributed by atoms with Crippen LogP contribution in [-0.4, -0.2) is 29.9 Å². The van der Waals surface area contributed by atoms with E-state index in [1.807, 2.05) is 0 Å². The summed E-state index contributed by atoms with van der Waals surface area (Å²) in [6.45, 7) is 2.22. The van der Waals surface area contributed by atoms with Crippen LogP contribution in [0.3, 0.4) is 0 Å². The Morgan fingerprint density at radius 1 is 1.07 bits per heavy atom. The lowest BCUT2D eigenvalue weighted by atomic mass is 10.1. The van der Waals surface area contributed by atoms with E-state index in [9.17, 15) is 0 Å². The van der Waals surface area contributed by atoms with Gasteiger partial charge in [-0.25, -0.2) is 0 Å². The van der Waals surface area contributed by atoms with Gasteiger partial charge in [0.2, 0.25) is 0 Å². The molecular formula is C9H22BO3P. The molecule has 1 atom stereocenters. The van der Waals surface area contributed by atoms with Crippen molar-refractivity contribution in [3.05, 3.63) is 0 Å². The van der Waals surface area contributed by atoms with Crippen molar-refractivity contribution in [3.8, 4) is 0 Å². The Balaban J connectivity index is 2.85. The highest BCUT2D eigenvalue weighted by Crippen LogP contribution is 2.14. The van der Waals surface area contributed by atoms with Crippen molar-refractivity contribution in [1.29, 1.82) is 0 Å². The summed E-state index contributed by atoms with van der Waals surface area (Å²) in [5.74, 6) is 0. The lowest BCUT2D eigenvalue weighted by Gasteiger charge is -2.03. The van der Waals surface area contributed by atoms with E-state index >= 15 is 0 Å². The van der Waals surface area contributed by atoms with Crippen LogP contribution < -0.4 is 0 Å². The highest BCUT2D eigenvalue weighted by Gasteiger charge is 2.06. The summed E-state index contributed by atoms with van der Waals surface area (Å²) in [6, 6.07) is 0. The summed E-state index contributed by atoms with van der Waals surface area (Å²) in [6.07, 6.45) is 9.51. The van der Waals surface area contributed by atoms with Gasteiger partial charge >= 0.3 is 7.32 Å². The Labute approximate surface area is 89.2 Å². The first-order chi connectivity index (χ1) is 6.77. The van der Waals surface area contributed by atoms with Crippen LogP contribution in [0.5, 0.6) is 0 Å². The van der Waals surface area contributed by atoms with Gasteiger partial charge in [0.25, 0.3) is 0 Å². The lowest BCUT2D eigenvalue weighted by Crippen LogP contribution is -2.15. The topological polar surface area (TPSA) is 49.7 Å². The van der Waals surface area contributed by atoms with Crippen LogP contribution in [0, 0.1) is 0 Å². The molecule has 0 aromatic heterocycles. The predicted molar refractivity (Wildman–Crippen MR) is 62.7 cm³/mol. The number of rotatable bonds is 10. The molecule has 0 saturated carbocycles. The molecule has 0 aliphatic rings. The van der Waals surface area contributed by atoms with Gasteiger partial charge in [0.1, 0.15) is 0 Å². The van der Waals surface area contributed by atoms with Crippen LogP contribution in [0.2, 0.25) is 0 Å². The van der Waals surface area contributed by atoms with Gasteiger partial charge in [0.15, 0.2) is 0 Å². The summed E-state index contributed by atoms with van der Waals surface area (Å²) in [5, 5.41) is 16.8. The second kappa shape index (κ2) is 11.4. The van der Waals surface area contributed by atoms with E-state index in [0.29, 0.717) is 14.9 Å². The summed E-state index contributed by atoms with van der Waals surface area (Å²) >= 11 is 0. The second-order valence-electron chi connectivity index (χ2n) is 3.41. The molecule has 84 valence electrons. The molecule has 0 aromatic rings. The Hall–Kier alpha value is 0.375. The van der Waals surface area contributed by atoms with Crippen molar-refractivity contribution in [2.75, 3.05) is 12.5 Å². The SMILES string of the molecule is CCCCCCCCPCOB(O)O. The van der Waals surface area contributed by atoms with E-state index in [2.05, 4.69) is 11.6 Å². The molecule has 0 spiro atoms. The van der Waals surface area contributed by atoms with E-state index in [-0.39, 0.29) is 0 Å². The molecule has 5 heteroatoms. The highest BCUT2D eigenvalue weighted by molar-refractivity contribution is 7.37. The average Bonchev–Trinajstić information content (AvgIpc) is 2.15. The Morgan fingerprint density at radius 3 is 2.36 bits per heavy atom. The van der Waals surface area contributed by atoms with Crippen molar-refractivity contribution in [3.63, 3.8) is 0 Å². The molecule has 0 rings (SSSR count). The van der Waals surface area contributed by atoms with E-state index in [1.54, 1.807) is 0 Å². The average molecular weight is 220 g/mol. The van der Waals surface area contributed by atoms with Gasteiger partial charge in [-0.1, -0.05) is 47.6 Å². The smallest absolute Gasteiger partial charge is 0.402 e. The Kier molecular flexibility index (Phi) is 11.8. The van der Waals surface area contributed by atoms with Gasteiger partial charge in [-0.05, 0) is 12.6 Å². The van der Waals surface area contributed by atoms with Crippen molar-refractivity contribution in [2.45, 2.75) is 45.4 Å². The monoisotopic (exact) mass is 220 g/mol. The third-order valence-corrected chi connectivity index (χ3v) is 3.12. The van der Waals surface area contributed by atoms with Gasteiger partial charge in [-0.3, -0.25) is 0 Å². The van der Waals surface area contributed by atoms with Crippen LogP contribution >= 0.6 is 8.58 Å². The normalized spacial score (nSPS) is 11.4. The molecule has 0 bridgehead atoms. The number of unbranched alkanes of at least 4 members (excludes halogenated alkanes) is 5. The van der Waals surface area contributed by atoms with Crippen LogP contribution in [0.25, 0.3) is 0 Å². The highest BCUT2D eigenvalue weighted by atomic mass is 31.1. The molecule has 14 heavy (non-hydrogen) atoms.